The van der Waals surface area contributed by atoms with Crippen LogP contribution in [-0.2, 0) is 9.53 Å². The van der Waals surface area contributed by atoms with Crippen LogP contribution in [0.25, 0.3) is 0 Å². The van der Waals surface area contributed by atoms with Crippen molar-refractivity contribution in [1.29, 1.82) is 0 Å². The van der Waals surface area contributed by atoms with Crippen LogP contribution in [0.2, 0.25) is 5.02 Å². The van der Waals surface area contributed by atoms with Crippen LogP contribution in [0.5, 0.6) is 0 Å². The summed E-state index contributed by atoms with van der Waals surface area (Å²) >= 11 is 5.86. The average molecular weight is 254 g/mol. The number of carbonyl (C=O) groups is 2. The van der Waals surface area contributed by atoms with Crippen molar-refractivity contribution in [2.45, 2.75) is 6.92 Å². The third kappa shape index (κ3) is 3.92. The van der Waals surface area contributed by atoms with Crippen LogP contribution >= 0.6 is 11.6 Å². The highest BCUT2D eigenvalue weighted by Gasteiger charge is 2.09. The van der Waals surface area contributed by atoms with Gasteiger partial charge in [0.05, 0.1) is 17.7 Å². The van der Waals surface area contributed by atoms with Crippen molar-refractivity contribution in [3.8, 4) is 0 Å². The molecule has 4 nitrogen and oxygen atoms in total. The number of methoxy groups -OCH3 is 1. The zero-order valence-corrected chi connectivity index (χ0v) is 10.2. The highest BCUT2D eigenvalue weighted by molar-refractivity contribution is 6.33. The number of rotatable bonds is 3. The fourth-order valence-corrected chi connectivity index (χ4v) is 1.39. The van der Waals surface area contributed by atoms with Crippen LogP contribution in [0.15, 0.2) is 36.0 Å². The Bertz CT molecular complexity index is 469. The van der Waals surface area contributed by atoms with Gasteiger partial charge in [0, 0.05) is 11.8 Å². The van der Waals surface area contributed by atoms with Crippen LogP contribution < -0.4 is 5.32 Å². The minimum absolute atomic E-state index is 0.354. The van der Waals surface area contributed by atoms with Gasteiger partial charge in [0.1, 0.15) is 0 Å². The standard InChI is InChI=1S/C12H12ClNO3/c1-8(7-11(15)17-2)14-12(16)9-5-3-4-6-10(9)13/h3-7H,1-2H3,(H,14,16). The van der Waals surface area contributed by atoms with E-state index < -0.39 is 5.97 Å². The van der Waals surface area contributed by atoms with E-state index >= 15 is 0 Å². The van der Waals surface area contributed by atoms with Gasteiger partial charge in [-0.1, -0.05) is 23.7 Å². The first kappa shape index (κ1) is 13.3. The molecule has 0 aliphatic carbocycles. The lowest BCUT2D eigenvalue weighted by Crippen LogP contribution is -2.22. The van der Waals surface area contributed by atoms with Gasteiger partial charge >= 0.3 is 5.97 Å². The van der Waals surface area contributed by atoms with Crippen LogP contribution in [0.1, 0.15) is 17.3 Å². The lowest BCUT2D eigenvalue weighted by Gasteiger charge is -2.06. The van der Waals surface area contributed by atoms with Gasteiger partial charge in [0.15, 0.2) is 0 Å². The summed E-state index contributed by atoms with van der Waals surface area (Å²) in [5.74, 6) is -0.893. The molecule has 5 heteroatoms. The predicted octanol–water partition coefficient (Wildman–Crippen LogP) is 2.15. The molecule has 0 bridgehead atoms. The lowest BCUT2D eigenvalue weighted by atomic mass is 10.2. The smallest absolute Gasteiger partial charge is 0.332 e. The van der Waals surface area contributed by atoms with E-state index in [2.05, 4.69) is 10.1 Å². The molecule has 1 aromatic rings. The Morgan fingerprint density at radius 1 is 1.35 bits per heavy atom. The summed E-state index contributed by atoms with van der Waals surface area (Å²) in [4.78, 5) is 22.7. The first-order valence-electron chi connectivity index (χ1n) is 4.86. The molecule has 0 spiro atoms. The fourth-order valence-electron chi connectivity index (χ4n) is 1.16. The molecular formula is C12H12ClNO3. The minimum atomic E-state index is -0.526. The van der Waals surface area contributed by atoms with E-state index in [-0.39, 0.29) is 5.91 Å². The van der Waals surface area contributed by atoms with E-state index in [0.717, 1.165) is 0 Å². The van der Waals surface area contributed by atoms with Gasteiger partial charge < -0.3 is 10.1 Å². The van der Waals surface area contributed by atoms with Gasteiger partial charge in [-0.25, -0.2) is 4.79 Å². The van der Waals surface area contributed by atoms with Crippen molar-refractivity contribution in [2.24, 2.45) is 0 Å². The second-order valence-corrected chi connectivity index (χ2v) is 3.69. The van der Waals surface area contributed by atoms with Gasteiger partial charge in [0.25, 0.3) is 5.91 Å². The number of halogens is 1. The summed E-state index contributed by atoms with van der Waals surface area (Å²) in [5, 5.41) is 2.90. The first-order chi connectivity index (χ1) is 8.04. The zero-order chi connectivity index (χ0) is 12.8. The van der Waals surface area contributed by atoms with E-state index in [9.17, 15) is 9.59 Å². The maximum Gasteiger partial charge on any atom is 0.332 e. The molecule has 0 saturated heterocycles. The number of hydrogen-bond acceptors (Lipinski definition) is 3. The summed E-state index contributed by atoms with van der Waals surface area (Å²) in [6.45, 7) is 1.59. The summed E-state index contributed by atoms with van der Waals surface area (Å²) in [6, 6.07) is 6.66. The van der Waals surface area contributed by atoms with Crippen LogP contribution in [-0.4, -0.2) is 19.0 Å². The molecule has 90 valence electrons. The predicted molar refractivity (Wildman–Crippen MR) is 64.7 cm³/mol. The van der Waals surface area contributed by atoms with E-state index in [0.29, 0.717) is 16.3 Å². The number of nitrogens with one attached hydrogen (secondary N) is 1. The van der Waals surface area contributed by atoms with Crippen molar-refractivity contribution in [2.75, 3.05) is 7.11 Å². The summed E-state index contributed by atoms with van der Waals surface area (Å²) < 4.78 is 4.44. The zero-order valence-electron chi connectivity index (χ0n) is 9.49. The molecule has 0 saturated carbocycles. The largest absolute Gasteiger partial charge is 0.466 e. The molecule has 17 heavy (non-hydrogen) atoms. The molecule has 0 fully saturated rings. The molecule has 1 N–H and O–H groups in total. The third-order valence-corrected chi connectivity index (χ3v) is 2.29. The van der Waals surface area contributed by atoms with Crippen molar-refractivity contribution in [3.05, 3.63) is 46.6 Å². The molecule has 0 radical (unpaired) electrons. The van der Waals surface area contributed by atoms with Gasteiger partial charge in [-0.3, -0.25) is 4.79 Å². The van der Waals surface area contributed by atoms with Crippen molar-refractivity contribution in [1.82, 2.24) is 5.32 Å². The maximum atomic E-state index is 11.8. The molecule has 1 amide bonds. The number of hydrogen-bond donors (Lipinski definition) is 1. The Morgan fingerprint density at radius 2 is 2.00 bits per heavy atom. The van der Waals surface area contributed by atoms with Crippen LogP contribution in [0.4, 0.5) is 0 Å². The van der Waals surface area contributed by atoms with E-state index in [1.807, 2.05) is 0 Å². The van der Waals surface area contributed by atoms with E-state index in [1.165, 1.54) is 13.2 Å². The molecule has 1 rings (SSSR count). The Labute approximate surface area is 104 Å². The summed E-state index contributed by atoms with van der Waals surface area (Å²) in [7, 11) is 1.27. The van der Waals surface area contributed by atoms with Crippen molar-refractivity contribution in [3.63, 3.8) is 0 Å². The lowest BCUT2D eigenvalue weighted by molar-refractivity contribution is -0.134. The number of allylic oxidation sites excluding steroid dienone is 1. The van der Waals surface area contributed by atoms with Gasteiger partial charge in [0.2, 0.25) is 0 Å². The second kappa shape index (κ2) is 6.06. The topological polar surface area (TPSA) is 55.4 Å². The highest BCUT2D eigenvalue weighted by Crippen LogP contribution is 2.14. The molecule has 0 atom stereocenters. The van der Waals surface area contributed by atoms with Gasteiger partial charge in [-0.05, 0) is 19.1 Å². The summed E-state index contributed by atoms with van der Waals surface area (Å²) in [6.07, 6.45) is 1.19. The van der Waals surface area contributed by atoms with Gasteiger partial charge in [-0.2, -0.15) is 0 Å². The highest BCUT2D eigenvalue weighted by atomic mass is 35.5. The molecule has 0 heterocycles. The monoisotopic (exact) mass is 253 g/mol. The Morgan fingerprint density at radius 3 is 2.59 bits per heavy atom. The van der Waals surface area contributed by atoms with Gasteiger partial charge in [-0.15, -0.1) is 0 Å². The Balaban J connectivity index is 2.77. The normalized spacial score (nSPS) is 10.9. The molecule has 0 unspecified atom stereocenters. The Kier molecular flexibility index (Phi) is 4.72. The maximum absolute atomic E-state index is 11.8. The van der Waals surface area contributed by atoms with Crippen LogP contribution in [0.3, 0.4) is 0 Å². The fraction of sp³-hybridized carbons (Fsp3) is 0.167. The van der Waals surface area contributed by atoms with Crippen molar-refractivity contribution >= 4 is 23.5 Å². The quantitative estimate of drug-likeness (QED) is 0.663. The van der Waals surface area contributed by atoms with E-state index in [4.69, 9.17) is 11.6 Å². The number of amides is 1. The number of ether oxygens (including phenoxy) is 1. The third-order valence-electron chi connectivity index (χ3n) is 1.96. The number of esters is 1. The molecule has 1 aromatic carbocycles. The SMILES string of the molecule is COC(=O)C=C(C)NC(=O)c1ccccc1Cl. The molecule has 0 aliphatic rings. The van der Waals surface area contributed by atoms with Crippen LogP contribution in [0, 0.1) is 0 Å². The summed E-state index contributed by atoms with van der Waals surface area (Å²) in [5.41, 5.74) is 0.744. The minimum Gasteiger partial charge on any atom is -0.466 e. The molecule has 0 aliphatic heterocycles. The number of carbonyl (C=O) groups excluding carboxylic acids is 2. The molecule has 0 aromatic heterocycles. The second-order valence-electron chi connectivity index (χ2n) is 3.28. The van der Waals surface area contributed by atoms with Crippen molar-refractivity contribution < 1.29 is 14.3 Å². The van der Waals surface area contributed by atoms with E-state index in [1.54, 1.807) is 31.2 Å². The first-order valence-corrected chi connectivity index (χ1v) is 5.24. The average Bonchev–Trinajstić information content (AvgIpc) is 2.29. The Hall–Kier alpha value is -1.81. The number of benzene rings is 1. The molecular weight excluding hydrogens is 242 g/mol.